The number of aliphatic carboxylic acids is 1. The summed E-state index contributed by atoms with van der Waals surface area (Å²) in [5.41, 5.74) is 0.955. The quantitative estimate of drug-likeness (QED) is 0.0199. The maximum atomic E-state index is 12.7. The molecule has 0 saturated carbocycles. The number of anilines is 1. The molecule has 0 bridgehead atoms. The summed E-state index contributed by atoms with van der Waals surface area (Å²) in [6, 6.07) is 9.61. The number of carbonyl (C=O) groups is 1. The van der Waals surface area contributed by atoms with Crippen LogP contribution in [0.1, 0.15) is 76.8 Å². The Kier molecular flexibility index (Phi) is 16.3. The van der Waals surface area contributed by atoms with Gasteiger partial charge in [0.25, 0.3) is 50.6 Å². The lowest BCUT2D eigenvalue weighted by molar-refractivity contribution is -0.433. The molecule has 2 atom stereocenters. The zero-order valence-electron chi connectivity index (χ0n) is 39.5. The molecule has 4 aromatic rings. The molecule has 0 amide bonds. The molecule has 6 rings (SSSR count). The number of fused-ring (bicyclic) bond motifs is 6. The average Bonchev–Trinajstić information content (AvgIpc) is 3.65. The van der Waals surface area contributed by atoms with Crippen molar-refractivity contribution in [1.29, 1.82) is 0 Å². The highest BCUT2D eigenvalue weighted by atomic mass is 32.2. The van der Waals surface area contributed by atoms with Crippen LogP contribution in [0.15, 0.2) is 116 Å². The monoisotopic (exact) mass is 1100 g/mol. The van der Waals surface area contributed by atoms with Gasteiger partial charge in [-0.25, -0.2) is 0 Å². The summed E-state index contributed by atoms with van der Waals surface area (Å²) >= 11 is 0. The number of rotatable bonds is 22. The molecule has 2 unspecified atom stereocenters. The average molecular weight is 1100 g/mol. The van der Waals surface area contributed by atoms with Crippen LogP contribution in [0.2, 0.25) is 0 Å². The van der Waals surface area contributed by atoms with Crippen LogP contribution < -0.4 is 4.90 Å². The molecular formula is C47H55N2O18S5+. The van der Waals surface area contributed by atoms with Crippen LogP contribution in [0, 0.1) is 0 Å². The molecule has 0 saturated heterocycles. The topological polar surface area (TPSA) is 325 Å². The van der Waals surface area contributed by atoms with Gasteiger partial charge in [-0.1, -0.05) is 42.9 Å². The van der Waals surface area contributed by atoms with Crippen molar-refractivity contribution in [2.75, 3.05) is 37.5 Å². The van der Waals surface area contributed by atoms with Gasteiger partial charge in [-0.2, -0.15) is 46.7 Å². The number of hydrogen-bond acceptors (Lipinski definition) is 13. The Morgan fingerprint density at radius 3 is 1.74 bits per heavy atom. The molecule has 2 aliphatic heterocycles. The van der Waals surface area contributed by atoms with E-state index < -0.39 is 92.7 Å². The molecule has 25 heteroatoms. The summed E-state index contributed by atoms with van der Waals surface area (Å²) in [6.45, 7) is 6.37. The van der Waals surface area contributed by atoms with E-state index in [1.807, 2.05) is 29.4 Å². The van der Waals surface area contributed by atoms with Crippen LogP contribution in [0.5, 0.6) is 0 Å². The van der Waals surface area contributed by atoms with Gasteiger partial charge in [-0.15, -0.1) is 0 Å². The van der Waals surface area contributed by atoms with Crippen molar-refractivity contribution in [3.05, 3.63) is 108 Å². The number of unbranched alkanes of at least 4 members (excludes halogenated alkanes) is 2. The highest BCUT2D eigenvalue weighted by Crippen LogP contribution is 2.54. The first kappa shape index (κ1) is 56.1. The molecule has 6 N–H and O–H groups in total. The second-order valence-electron chi connectivity index (χ2n) is 17.8. The van der Waals surface area contributed by atoms with Crippen molar-refractivity contribution in [3.63, 3.8) is 0 Å². The standard InChI is InChI=1S/C47H54N2O18S5/c1-5-48-37-20-18-33-35(27-31(69(55,56)57)29-39(33)71(61,62)63)44(37)47(3,23-25-67-4)41(48)15-10-7-6-8-11-16-42-46(2,22-14-26-68(52,53)54)45-36-28-32(70(58,59)60)30-40(72(64,65)66)34(36)19-21-38(45)49(42)24-13-9-12-17-43(50)51/h6-8,10-11,15-16,18-21,27-30H,5,9,12-14,17,22-26H2,1-4H3,(H5-,50,51,52,53,54,55,56,57,58,59,60,61,62,63,64,65,66)/p+1. The third kappa shape index (κ3) is 11.8. The Morgan fingerprint density at radius 1 is 0.653 bits per heavy atom. The minimum atomic E-state index is -5.09. The van der Waals surface area contributed by atoms with Crippen molar-refractivity contribution in [2.45, 2.75) is 96.1 Å². The van der Waals surface area contributed by atoms with E-state index in [0.717, 1.165) is 11.8 Å². The van der Waals surface area contributed by atoms with Gasteiger partial charge in [0.1, 0.15) is 16.3 Å². The van der Waals surface area contributed by atoms with Crippen molar-refractivity contribution < 1.29 is 84.1 Å². The van der Waals surface area contributed by atoms with Crippen molar-refractivity contribution in [2.24, 2.45) is 0 Å². The number of ether oxygens (including phenoxy) is 1. The van der Waals surface area contributed by atoms with E-state index >= 15 is 0 Å². The van der Waals surface area contributed by atoms with Gasteiger partial charge >= 0.3 is 5.97 Å². The number of methoxy groups -OCH3 is 1. The molecule has 0 spiro atoms. The van der Waals surface area contributed by atoms with Crippen molar-refractivity contribution >= 4 is 95.2 Å². The van der Waals surface area contributed by atoms with Crippen LogP contribution >= 0.6 is 0 Å². The highest BCUT2D eigenvalue weighted by molar-refractivity contribution is 7.87. The fourth-order valence-corrected chi connectivity index (χ4v) is 13.1. The molecule has 390 valence electrons. The van der Waals surface area contributed by atoms with E-state index in [9.17, 15) is 74.8 Å². The fraction of sp³-hybridized carbons (Fsp3) is 0.362. The molecule has 4 aromatic carbocycles. The molecule has 2 heterocycles. The summed E-state index contributed by atoms with van der Waals surface area (Å²) in [4.78, 5) is 10.1. The van der Waals surface area contributed by atoms with Crippen LogP contribution in [-0.4, -0.2) is 119 Å². The van der Waals surface area contributed by atoms with E-state index in [2.05, 4.69) is 0 Å². The van der Waals surface area contributed by atoms with E-state index in [-0.39, 0.29) is 54.0 Å². The van der Waals surface area contributed by atoms with Gasteiger partial charge in [0.2, 0.25) is 5.69 Å². The Morgan fingerprint density at radius 2 is 1.21 bits per heavy atom. The third-order valence-electron chi connectivity index (χ3n) is 13.1. The number of hydrogen-bond donors (Lipinski definition) is 6. The smallest absolute Gasteiger partial charge is 0.303 e. The van der Waals surface area contributed by atoms with E-state index in [1.165, 1.54) is 25.3 Å². The first-order valence-electron chi connectivity index (χ1n) is 22.3. The van der Waals surface area contributed by atoms with E-state index in [4.69, 9.17) is 4.74 Å². The fourth-order valence-electron chi connectivity index (χ4n) is 9.93. The Labute approximate surface area is 418 Å². The van der Waals surface area contributed by atoms with Gasteiger partial charge in [0, 0.05) is 72.0 Å². The number of benzene rings is 4. The first-order chi connectivity index (χ1) is 33.4. The maximum absolute atomic E-state index is 12.7. The van der Waals surface area contributed by atoms with Gasteiger partial charge in [-0.05, 0) is 112 Å². The van der Waals surface area contributed by atoms with Crippen LogP contribution in [-0.2, 0) is 71.0 Å². The Hall–Kier alpha value is -5.19. The molecule has 0 fully saturated rings. The van der Waals surface area contributed by atoms with Gasteiger partial charge in [0.15, 0.2) is 5.71 Å². The summed E-state index contributed by atoms with van der Waals surface area (Å²) in [6.07, 6.45) is 13.4. The molecular weight excluding hydrogens is 1040 g/mol. The number of carboxylic acid groups (broad SMARTS) is 1. The SMILES string of the molecule is CC[N+]1=C(/C=C/C=C/C=C/C=C2/N(CCCCCC(=O)O)c3ccc4c(S(=O)(=O)O)cc(S(=O)(=O)O)cc4c3C2(C)CCCS(=O)(=O)O)C(C)(CCOC)c2c1ccc1c(S(=O)(=O)O)cc(S(=O)(=O)O)cc21. The van der Waals surface area contributed by atoms with Gasteiger partial charge < -0.3 is 14.7 Å². The van der Waals surface area contributed by atoms with E-state index in [0.29, 0.717) is 72.6 Å². The van der Waals surface area contributed by atoms with E-state index in [1.54, 1.807) is 55.5 Å². The second kappa shape index (κ2) is 21.0. The second-order valence-corrected chi connectivity index (χ2v) is 25.0. The van der Waals surface area contributed by atoms with Crippen molar-refractivity contribution in [3.8, 4) is 0 Å². The summed E-state index contributed by atoms with van der Waals surface area (Å²) in [7, 11) is -23.0. The third-order valence-corrected chi connectivity index (χ3v) is 17.3. The Balaban J connectivity index is 1.46. The molecule has 0 aliphatic carbocycles. The van der Waals surface area contributed by atoms with Crippen LogP contribution in [0.3, 0.4) is 0 Å². The summed E-state index contributed by atoms with van der Waals surface area (Å²) in [5, 5.41) is 9.34. The van der Waals surface area contributed by atoms with Crippen LogP contribution in [0.4, 0.5) is 11.4 Å². The summed E-state index contributed by atoms with van der Waals surface area (Å²) < 4.78 is 182. The Bertz CT molecular complexity index is 3600. The largest absolute Gasteiger partial charge is 0.481 e. The van der Waals surface area contributed by atoms with Gasteiger partial charge in [-0.3, -0.25) is 27.6 Å². The minimum absolute atomic E-state index is 0.00817. The van der Waals surface area contributed by atoms with Crippen molar-refractivity contribution in [1.82, 2.24) is 0 Å². The van der Waals surface area contributed by atoms with Gasteiger partial charge in [0.05, 0.1) is 21.0 Å². The van der Waals surface area contributed by atoms with Crippen LogP contribution in [0.25, 0.3) is 21.5 Å². The summed E-state index contributed by atoms with van der Waals surface area (Å²) in [5.74, 6) is -1.64. The maximum Gasteiger partial charge on any atom is 0.303 e. The molecule has 0 radical (unpaired) electrons. The molecule has 2 aliphatic rings. The normalized spacial score (nSPS) is 19.6. The zero-order chi connectivity index (χ0) is 53.4. The highest BCUT2D eigenvalue weighted by Gasteiger charge is 2.49. The number of allylic oxidation sites excluding steroid dienone is 8. The number of carboxylic acids is 1. The molecule has 0 aromatic heterocycles. The molecule has 72 heavy (non-hydrogen) atoms. The first-order valence-corrected chi connectivity index (χ1v) is 29.7. The molecule has 20 nitrogen and oxygen atoms in total. The lowest BCUT2D eigenvalue weighted by atomic mass is 9.75. The lowest BCUT2D eigenvalue weighted by Crippen LogP contribution is -2.32. The minimum Gasteiger partial charge on any atom is -0.481 e. The lowest BCUT2D eigenvalue weighted by Gasteiger charge is -2.31. The predicted molar refractivity (Wildman–Crippen MR) is 268 cm³/mol. The predicted octanol–water partition coefficient (Wildman–Crippen LogP) is 7.04. The number of nitrogens with zero attached hydrogens (tertiary/aromatic N) is 2. The zero-order valence-corrected chi connectivity index (χ0v) is 43.5.